The number of hydrogen-bond donors (Lipinski definition) is 2. The van der Waals surface area contributed by atoms with Gasteiger partial charge in [0.05, 0.1) is 18.1 Å². The van der Waals surface area contributed by atoms with Crippen molar-refractivity contribution in [2.75, 3.05) is 12.4 Å². The minimum Gasteiger partial charge on any atom is -0.462 e. The van der Waals surface area contributed by atoms with Crippen molar-refractivity contribution < 1.29 is 19.7 Å². The fraction of sp³-hybridized carbons (Fsp3) is 0.938. The van der Waals surface area contributed by atoms with Gasteiger partial charge in [-0.05, 0) is 53.4 Å². The third-order valence-electron chi connectivity index (χ3n) is 4.69. The van der Waals surface area contributed by atoms with Crippen molar-refractivity contribution in [2.24, 2.45) is 5.41 Å². The molecule has 4 nitrogen and oxygen atoms in total. The van der Waals surface area contributed by atoms with Gasteiger partial charge in [0, 0.05) is 10.5 Å². The maximum absolute atomic E-state index is 12.5. The standard InChI is InChI=1S/C16H30O4S/c1-15(2,16(3,4)21-11-12(18)10-17)14(19)20-13-8-6-5-7-9-13/h12-13,17-18H,5-11H2,1-4H3. The highest BCUT2D eigenvalue weighted by Gasteiger charge is 2.45. The Morgan fingerprint density at radius 3 is 2.33 bits per heavy atom. The number of esters is 1. The summed E-state index contributed by atoms with van der Waals surface area (Å²) in [6.45, 7) is 7.52. The first-order valence-electron chi connectivity index (χ1n) is 7.84. The molecule has 0 spiro atoms. The fourth-order valence-electron chi connectivity index (χ4n) is 2.27. The average Bonchev–Trinajstić information content (AvgIpc) is 2.45. The number of thioether (sulfide) groups is 1. The van der Waals surface area contributed by atoms with Gasteiger partial charge >= 0.3 is 5.97 Å². The lowest BCUT2D eigenvalue weighted by Gasteiger charge is -2.40. The van der Waals surface area contributed by atoms with Crippen LogP contribution in [0.1, 0.15) is 59.8 Å². The molecular weight excluding hydrogens is 288 g/mol. The number of ether oxygens (including phenoxy) is 1. The molecule has 0 saturated heterocycles. The van der Waals surface area contributed by atoms with Gasteiger partial charge in [-0.25, -0.2) is 0 Å². The zero-order chi connectivity index (χ0) is 16.1. The van der Waals surface area contributed by atoms with Gasteiger partial charge in [0.25, 0.3) is 0 Å². The van der Waals surface area contributed by atoms with E-state index in [9.17, 15) is 9.90 Å². The van der Waals surface area contributed by atoms with Gasteiger partial charge in [-0.15, -0.1) is 0 Å². The molecule has 0 aliphatic heterocycles. The Kier molecular flexibility index (Phi) is 7.01. The van der Waals surface area contributed by atoms with Gasteiger partial charge in [0.15, 0.2) is 0 Å². The van der Waals surface area contributed by atoms with Gasteiger partial charge < -0.3 is 14.9 Å². The minimum atomic E-state index is -0.751. The predicted molar refractivity (Wildman–Crippen MR) is 86.4 cm³/mol. The van der Waals surface area contributed by atoms with E-state index in [1.165, 1.54) is 18.2 Å². The summed E-state index contributed by atoms with van der Waals surface area (Å²) in [4.78, 5) is 12.5. The molecule has 1 fully saturated rings. The Bertz CT molecular complexity index is 335. The number of carbonyl (C=O) groups is 1. The lowest BCUT2D eigenvalue weighted by molar-refractivity contribution is -0.162. The van der Waals surface area contributed by atoms with E-state index in [2.05, 4.69) is 0 Å². The summed E-state index contributed by atoms with van der Waals surface area (Å²) in [5, 5.41) is 18.4. The number of aliphatic hydroxyl groups is 2. The summed E-state index contributed by atoms with van der Waals surface area (Å²) in [6, 6.07) is 0. The van der Waals surface area contributed by atoms with Crippen LogP contribution in [0.3, 0.4) is 0 Å². The topological polar surface area (TPSA) is 66.8 Å². The van der Waals surface area contributed by atoms with E-state index in [-0.39, 0.29) is 23.4 Å². The number of carbonyl (C=O) groups excluding carboxylic acids is 1. The van der Waals surface area contributed by atoms with Crippen LogP contribution in [0.5, 0.6) is 0 Å². The van der Waals surface area contributed by atoms with Crippen LogP contribution in [0.25, 0.3) is 0 Å². The molecule has 2 N–H and O–H groups in total. The Morgan fingerprint density at radius 1 is 1.24 bits per heavy atom. The third kappa shape index (κ3) is 5.15. The molecule has 0 aromatic rings. The van der Waals surface area contributed by atoms with E-state index in [0.29, 0.717) is 5.75 Å². The second-order valence-corrected chi connectivity index (χ2v) is 8.59. The first-order valence-corrected chi connectivity index (χ1v) is 8.83. The molecule has 0 radical (unpaired) electrons. The Morgan fingerprint density at radius 2 is 1.81 bits per heavy atom. The van der Waals surface area contributed by atoms with Crippen LogP contribution in [0.15, 0.2) is 0 Å². The molecule has 1 aliphatic carbocycles. The first-order chi connectivity index (χ1) is 9.70. The van der Waals surface area contributed by atoms with E-state index < -0.39 is 11.5 Å². The van der Waals surface area contributed by atoms with Gasteiger partial charge in [-0.3, -0.25) is 4.79 Å². The van der Waals surface area contributed by atoms with E-state index in [1.807, 2.05) is 27.7 Å². The van der Waals surface area contributed by atoms with E-state index in [4.69, 9.17) is 9.84 Å². The van der Waals surface area contributed by atoms with E-state index in [1.54, 1.807) is 0 Å². The average molecular weight is 318 g/mol. The van der Waals surface area contributed by atoms with Crippen molar-refractivity contribution in [1.82, 2.24) is 0 Å². The minimum absolute atomic E-state index is 0.0642. The molecule has 124 valence electrons. The van der Waals surface area contributed by atoms with Gasteiger partial charge in [0.2, 0.25) is 0 Å². The number of aliphatic hydroxyl groups excluding tert-OH is 2. The van der Waals surface area contributed by atoms with E-state index >= 15 is 0 Å². The second kappa shape index (κ2) is 7.84. The van der Waals surface area contributed by atoms with Gasteiger partial charge in [0.1, 0.15) is 6.10 Å². The molecule has 0 aromatic carbocycles. The largest absolute Gasteiger partial charge is 0.462 e. The molecular formula is C16H30O4S. The maximum atomic E-state index is 12.5. The van der Waals surface area contributed by atoms with Crippen LogP contribution in [0, 0.1) is 5.41 Å². The predicted octanol–water partition coefficient (Wildman–Crippen LogP) is 2.75. The molecule has 0 aromatic heterocycles. The van der Waals surface area contributed by atoms with Crippen molar-refractivity contribution in [2.45, 2.75) is 76.8 Å². The van der Waals surface area contributed by atoms with Crippen molar-refractivity contribution >= 4 is 17.7 Å². The van der Waals surface area contributed by atoms with Crippen molar-refractivity contribution in [3.8, 4) is 0 Å². The van der Waals surface area contributed by atoms with Crippen LogP contribution in [-0.4, -0.2) is 45.5 Å². The van der Waals surface area contributed by atoms with Crippen LogP contribution in [0.4, 0.5) is 0 Å². The lowest BCUT2D eigenvalue weighted by atomic mass is 9.80. The van der Waals surface area contributed by atoms with Crippen molar-refractivity contribution in [1.29, 1.82) is 0 Å². The smallest absolute Gasteiger partial charge is 0.313 e. The van der Waals surface area contributed by atoms with Crippen LogP contribution >= 0.6 is 11.8 Å². The van der Waals surface area contributed by atoms with Crippen molar-refractivity contribution in [3.05, 3.63) is 0 Å². The van der Waals surface area contributed by atoms with Gasteiger partial charge in [-0.1, -0.05) is 6.42 Å². The highest BCUT2D eigenvalue weighted by atomic mass is 32.2. The van der Waals surface area contributed by atoms with Gasteiger partial charge in [-0.2, -0.15) is 11.8 Å². The third-order valence-corrected chi connectivity index (χ3v) is 6.47. The van der Waals surface area contributed by atoms with Crippen LogP contribution < -0.4 is 0 Å². The molecule has 1 saturated carbocycles. The molecule has 0 heterocycles. The number of hydrogen-bond acceptors (Lipinski definition) is 5. The number of rotatable bonds is 7. The van der Waals surface area contributed by atoms with Crippen LogP contribution in [0.2, 0.25) is 0 Å². The summed E-state index contributed by atoms with van der Waals surface area (Å²) in [7, 11) is 0. The zero-order valence-electron chi connectivity index (χ0n) is 13.7. The quantitative estimate of drug-likeness (QED) is 0.707. The summed E-state index contributed by atoms with van der Waals surface area (Å²) in [5.41, 5.74) is -0.649. The highest BCUT2D eigenvalue weighted by molar-refractivity contribution is 8.00. The molecule has 1 unspecified atom stereocenters. The summed E-state index contributed by atoms with van der Waals surface area (Å²) in [5.74, 6) is 0.245. The van der Waals surface area contributed by atoms with Crippen LogP contribution in [-0.2, 0) is 9.53 Å². The molecule has 21 heavy (non-hydrogen) atoms. The summed E-state index contributed by atoms with van der Waals surface area (Å²) in [6.07, 6.45) is 4.77. The molecule has 1 aliphatic rings. The molecule has 1 atom stereocenters. The molecule has 5 heteroatoms. The highest BCUT2D eigenvalue weighted by Crippen LogP contribution is 2.43. The fourth-order valence-corrected chi connectivity index (χ4v) is 3.42. The maximum Gasteiger partial charge on any atom is 0.313 e. The summed E-state index contributed by atoms with van der Waals surface area (Å²) < 4.78 is 5.33. The molecule has 1 rings (SSSR count). The lowest BCUT2D eigenvalue weighted by Crippen LogP contribution is -2.45. The Hall–Kier alpha value is -0.260. The van der Waals surface area contributed by atoms with Crippen molar-refractivity contribution in [3.63, 3.8) is 0 Å². The van der Waals surface area contributed by atoms with E-state index in [0.717, 1.165) is 25.7 Å². The SMILES string of the molecule is CC(C)(SCC(O)CO)C(C)(C)C(=O)OC1CCCCC1. The first kappa shape index (κ1) is 18.8. The zero-order valence-corrected chi connectivity index (χ0v) is 14.5. The monoisotopic (exact) mass is 318 g/mol. The Labute approximate surface area is 132 Å². The molecule has 0 amide bonds. The second-order valence-electron chi connectivity index (χ2n) is 6.95. The normalized spacial score (nSPS) is 19.3. The summed E-state index contributed by atoms with van der Waals surface area (Å²) >= 11 is 1.50. The molecule has 0 bridgehead atoms. The Balaban J connectivity index is 2.60.